The van der Waals surface area contributed by atoms with Crippen molar-refractivity contribution in [1.82, 2.24) is 14.7 Å². The van der Waals surface area contributed by atoms with Crippen LogP contribution in [-0.4, -0.2) is 76.6 Å². The highest BCUT2D eigenvalue weighted by atomic mass is 16.5. The molecule has 2 aliphatic rings. The van der Waals surface area contributed by atoms with Gasteiger partial charge in [0.1, 0.15) is 23.4 Å². The van der Waals surface area contributed by atoms with E-state index in [4.69, 9.17) is 4.74 Å². The lowest BCUT2D eigenvalue weighted by Gasteiger charge is -2.29. The van der Waals surface area contributed by atoms with Gasteiger partial charge in [-0.05, 0) is 55.6 Å². The van der Waals surface area contributed by atoms with Gasteiger partial charge in [0.25, 0.3) is 11.8 Å². The minimum Gasteiger partial charge on any atom is -0.507 e. The van der Waals surface area contributed by atoms with E-state index >= 15 is 0 Å². The van der Waals surface area contributed by atoms with Crippen LogP contribution in [0.3, 0.4) is 0 Å². The maximum atomic E-state index is 13.3. The topological polar surface area (TPSA) is 93.6 Å². The molecule has 182 valence electrons. The van der Waals surface area contributed by atoms with Crippen molar-refractivity contribution in [3.63, 3.8) is 0 Å². The van der Waals surface area contributed by atoms with Crippen LogP contribution >= 0.6 is 0 Å². The third-order valence-corrected chi connectivity index (χ3v) is 6.64. The summed E-state index contributed by atoms with van der Waals surface area (Å²) in [4.78, 5) is 31.4. The van der Waals surface area contributed by atoms with Crippen molar-refractivity contribution in [1.29, 1.82) is 0 Å². The van der Waals surface area contributed by atoms with Crippen LogP contribution in [0.25, 0.3) is 0 Å². The molecule has 0 saturated carbocycles. The monoisotopic (exact) mass is 467 g/mol. The summed E-state index contributed by atoms with van der Waals surface area (Å²) in [5.41, 5.74) is 2.04. The van der Waals surface area contributed by atoms with Crippen molar-refractivity contribution in [3.8, 4) is 17.2 Å². The van der Waals surface area contributed by atoms with Crippen molar-refractivity contribution in [2.24, 2.45) is 0 Å². The number of carbonyl (C=O) groups is 2. The summed E-state index contributed by atoms with van der Waals surface area (Å²) in [6, 6.07) is 8.28. The molecule has 2 heterocycles. The smallest absolute Gasteiger partial charge is 0.258 e. The fourth-order valence-electron chi connectivity index (χ4n) is 4.62. The standard InChI is InChI=1S/C26H33N3O5/c1-4-9-28(3)25(32)21-13-22(24(31)14-23(21)30)26(33)29-15-17-5-6-20(12-18(17)16-29)34-19-7-10-27(2)11-8-19/h5-6,12-14,19,30-31H,4,7-11,15-16H2,1-3H3. The van der Waals surface area contributed by atoms with Crippen LogP contribution in [0.2, 0.25) is 0 Å². The van der Waals surface area contributed by atoms with Gasteiger partial charge in [-0.15, -0.1) is 0 Å². The maximum Gasteiger partial charge on any atom is 0.258 e. The lowest BCUT2D eigenvalue weighted by molar-refractivity contribution is 0.0748. The number of amides is 2. The first-order valence-electron chi connectivity index (χ1n) is 11.8. The summed E-state index contributed by atoms with van der Waals surface area (Å²) < 4.78 is 6.19. The zero-order valence-corrected chi connectivity index (χ0v) is 20.1. The van der Waals surface area contributed by atoms with E-state index in [2.05, 4.69) is 11.9 Å². The molecule has 8 heteroatoms. The van der Waals surface area contributed by atoms with E-state index in [1.54, 1.807) is 11.9 Å². The predicted octanol–water partition coefficient (Wildman–Crippen LogP) is 3.21. The zero-order valence-electron chi connectivity index (χ0n) is 20.1. The van der Waals surface area contributed by atoms with Crippen molar-refractivity contribution in [3.05, 3.63) is 52.6 Å². The Morgan fingerprint density at radius 2 is 1.71 bits per heavy atom. The van der Waals surface area contributed by atoms with Crippen molar-refractivity contribution < 1.29 is 24.5 Å². The number of rotatable bonds is 6. The Kier molecular flexibility index (Phi) is 6.97. The molecule has 2 aromatic rings. The molecular formula is C26H33N3O5. The van der Waals surface area contributed by atoms with Gasteiger partial charge in [0.15, 0.2) is 0 Å². The molecule has 2 aliphatic heterocycles. The quantitative estimate of drug-likeness (QED) is 0.678. The van der Waals surface area contributed by atoms with Crippen LogP contribution in [0.1, 0.15) is 58.0 Å². The molecule has 2 amide bonds. The van der Waals surface area contributed by atoms with Gasteiger partial charge in [-0.1, -0.05) is 13.0 Å². The van der Waals surface area contributed by atoms with Crippen LogP contribution in [0.15, 0.2) is 30.3 Å². The summed E-state index contributed by atoms with van der Waals surface area (Å²) in [7, 11) is 3.76. The lowest BCUT2D eigenvalue weighted by atomic mass is 10.1. The first-order chi connectivity index (χ1) is 16.3. The Balaban J connectivity index is 1.49. The van der Waals surface area contributed by atoms with Crippen molar-refractivity contribution >= 4 is 11.8 Å². The fraction of sp³-hybridized carbons (Fsp3) is 0.462. The van der Waals surface area contributed by atoms with E-state index in [0.29, 0.717) is 19.6 Å². The van der Waals surface area contributed by atoms with E-state index in [1.165, 1.54) is 11.0 Å². The number of phenolic OH excluding ortho intramolecular Hbond substituents is 2. The minimum atomic E-state index is -0.395. The SMILES string of the molecule is CCCN(C)C(=O)c1cc(C(=O)N2Cc3ccc(OC4CCN(C)CC4)cc3C2)c(O)cc1O. The van der Waals surface area contributed by atoms with Gasteiger partial charge in [0.2, 0.25) is 0 Å². The highest BCUT2D eigenvalue weighted by molar-refractivity contribution is 6.03. The van der Waals surface area contributed by atoms with Crippen LogP contribution in [0.4, 0.5) is 0 Å². The van der Waals surface area contributed by atoms with Gasteiger partial charge in [-0.3, -0.25) is 9.59 Å². The molecule has 1 saturated heterocycles. The molecule has 0 unspecified atom stereocenters. The minimum absolute atomic E-state index is 0.00153. The average Bonchev–Trinajstić information content (AvgIpc) is 3.23. The number of piperidine rings is 1. The second-order valence-corrected chi connectivity index (χ2v) is 9.33. The van der Waals surface area contributed by atoms with Crippen LogP contribution in [0.5, 0.6) is 17.2 Å². The summed E-state index contributed by atoms with van der Waals surface area (Å²) in [6.45, 7) is 5.30. The molecule has 4 rings (SSSR count). The molecule has 0 bridgehead atoms. The Morgan fingerprint density at radius 1 is 1.03 bits per heavy atom. The Hall–Kier alpha value is -3.26. The van der Waals surface area contributed by atoms with Gasteiger partial charge in [-0.25, -0.2) is 0 Å². The third-order valence-electron chi connectivity index (χ3n) is 6.64. The van der Waals surface area contributed by atoms with E-state index in [1.807, 2.05) is 25.1 Å². The van der Waals surface area contributed by atoms with E-state index in [0.717, 1.165) is 55.3 Å². The summed E-state index contributed by atoms with van der Waals surface area (Å²) in [6.07, 6.45) is 2.95. The number of phenols is 2. The summed E-state index contributed by atoms with van der Waals surface area (Å²) >= 11 is 0. The lowest BCUT2D eigenvalue weighted by Crippen LogP contribution is -2.35. The van der Waals surface area contributed by atoms with Crippen LogP contribution in [-0.2, 0) is 13.1 Å². The maximum absolute atomic E-state index is 13.3. The highest BCUT2D eigenvalue weighted by Gasteiger charge is 2.29. The average molecular weight is 468 g/mol. The molecular weight excluding hydrogens is 434 g/mol. The molecule has 0 atom stereocenters. The molecule has 1 fully saturated rings. The number of ether oxygens (including phenoxy) is 1. The first-order valence-corrected chi connectivity index (χ1v) is 11.8. The zero-order chi connectivity index (χ0) is 24.4. The number of fused-ring (bicyclic) bond motifs is 1. The van der Waals surface area contributed by atoms with Gasteiger partial charge in [0, 0.05) is 45.8 Å². The Labute approximate surface area is 200 Å². The highest BCUT2D eigenvalue weighted by Crippen LogP contribution is 2.33. The van der Waals surface area contributed by atoms with Crippen molar-refractivity contribution in [2.45, 2.75) is 45.4 Å². The van der Waals surface area contributed by atoms with Gasteiger partial charge in [-0.2, -0.15) is 0 Å². The van der Waals surface area contributed by atoms with Crippen LogP contribution in [0, 0.1) is 0 Å². The largest absolute Gasteiger partial charge is 0.507 e. The second kappa shape index (κ2) is 9.93. The molecule has 0 radical (unpaired) electrons. The number of hydrogen-bond acceptors (Lipinski definition) is 6. The number of aromatic hydroxyl groups is 2. The molecule has 2 N–H and O–H groups in total. The number of nitrogens with zero attached hydrogens (tertiary/aromatic N) is 3. The third kappa shape index (κ3) is 4.97. The Morgan fingerprint density at radius 3 is 2.41 bits per heavy atom. The Bertz CT molecular complexity index is 1080. The predicted molar refractivity (Wildman–Crippen MR) is 128 cm³/mol. The van der Waals surface area contributed by atoms with Gasteiger partial charge in [0.05, 0.1) is 11.1 Å². The molecule has 34 heavy (non-hydrogen) atoms. The first kappa shape index (κ1) is 23.9. The second-order valence-electron chi connectivity index (χ2n) is 9.33. The van der Waals surface area contributed by atoms with Gasteiger partial charge >= 0.3 is 0 Å². The number of hydrogen-bond donors (Lipinski definition) is 2. The number of likely N-dealkylation sites (tertiary alicyclic amines) is 1. The fourth-order valence-corrected chi connectivity index (χ4v) is 4.62. The molecule has 2 aromatic carbocycles. The number of carbonyl (C=O) groups excluding carboxylic acids is 2. The molecule has 0 aromatic heterocycles. The molecule has 0 spiro atoms. The van der Waals surface area contributed by atoms with Crippen molar-refractivity contribution in [2.75, 3.05) is 33.7 Å². The van der Waals surface area contributed by atoms with Gasteiger partial charge < -0.3 is 29.6 Å². The van der Waals surface area contributed by atoms with E-state index in [9.17, 15) is 19.8 Å². The van der Waals surface area contributed by atoms with E-state index in [-0.39, 0.29) is 28.7 Å². The molecule has 0 aliphatic carbocycles. The summed E-state index contributed by atoms with van der Waals surface area (Å²) in [5.74, 6) is -0.670. The normalized spacial score (nSPS) is 16.4. The summed E-state index contributed by atoms with van der Waals surface area (Å²) in [5, 5.41) is 20.6. The number of benzene rings is 2. The van der Waals surface area contributed by atoms with E-state index < -0.39 is 11.8 Å². The molecule has 8 nitrogen and oxygen atoms in total. The van der Waals surface area contributed by atoms with Crippen LogP contribution < -0.4 is 4.74 Å².